The van der Waals surface area contributed by atoms with Gasteiger partial charge < -0.3 is 19.5 Å². The standard InChI is InChI=1S/C26H23N3O6/c1-33-21-11-7-6-10-20(21)27-24(30)16-35-22-13-12-17(15-23(22)34-2)14-19-25(31)28-29(26(19)32)18-8-4-3-5-9-18/h3-15H,16H2,1-2H3,(H,27,30)(H,28,31)/b19-14+. The van der Waals surface area contributed by atoms with Crippen LogP contribution in [0, 0.1) is 0 Å². The van der Waals surface area contributed by atoms with E-state index in [1.807, 2.05) is 6.07 Å². The Morgan fingerprint density at radius 3 is 2.37 bits per heavy atom. The predicted molar refractivity (Wildman–Crippen MR) is 130 cm³/mol. The highest BCUT2D eigenvalue weighted by Crippen LogP contribution is 2.30. The average Bonchev–Trinajstić information content (AvgIpc) is 3.17. The normalized spacial score (nSPS) is 14.0. The van der Waals surface area contributed by atoms with Crippen molar-refractivity contribution in [1.82, 2.24) is 5.43 Å². The molecule has 9 heteroatoms. The van der Waals surface area contributed by atoms with Crippen molar-refractivity contribution in [3.63, 3.8) is 0 Å². The first-order valence-corrected chi connectivity index (χ1v) is 10.7. The van der Waals surface area contributed by atoms with Gasteiger partial charge in [-0.1, -0.05) is 36.4 Å². The quantitative estimate of drug-likeness (QED) is 0.385. The van der Waals surface area contributed by atoms with Gasteiger partial charge in [0.25, 0.3) is 17.7 Å². The third kappa shape index (κ3) is 5.25. The second kappa shape index (κ2) is 10.4. The average molecular weight is 473 g/mol. The zero-order valence-electron chi connectivity index (χ0n) is 19.1. The number of hydrazine groups is 1. The summed E-state index contributed by atoms with van der Waals surface area (Å²) in [4.78, 5) is 37.5. The monoisotopic (exact) mass is 473 g/mol. The van der Waals surface area contributed by atoms with Gasteiger partial charge in [-0.15, -0.1) is 0 Å². The third-order valence-electron chi connectivity index (χ3n) is 5.14. The largest absolute Gasteiger partial charge is 0.495 e. The number of nitrogens with one attached hydrogen (secondary N) is 2. The summed E-state index contributed by atoms with van der Waals surface area (Å²) in [7, 11) is 2.98. The molecule has 0 spiro atoms. The van der Waals surface area contributed by atoms with E-state index in [1.54, 1.807) is 66.7 Å². The first-order chi connectivity index (χ1) is 17.0. The summed E-state index contributed by atoms with van der Waals surface area (Å²) in [6, 6.07) is 20.7. The number of amides is 3. The van der Waals surface area contributed by atoms with E-state index in [9.17, 15) is 14.4 Å². The number of ether oxygens (including phenoxy) is 3. The molecule has 0 bridgehead atoms. The SMILES string of the molecule is COc1ccccc1NC(=O)COc1ccc(/C=C2\C(=O)NN(c3ccccc3)C2=O)cc1OC. The fourth-order valence-corrected chi connectivity index (χ4v) is 3.45. The first kappa shape index (κ1) is 23.4. The topological polar surface area (TPSA) is 106 Å². The van der Waals surface area contributed by atoms with Crippen LogP contribution in [0.3, 0.4) is 0 Å². The van der Waals surface area contributed by atoms with Crippen molar-refractivity contribution in [1.29, 1.82) is 0 Å². The third-order valence-corrected chi connectivity index (χ3v) is 5.14. The zero-order chi connectivity index (χ0) is 24.8. The van der Waals surface area contributed by atoms with Crippen LogP contribution < -0.4 is 30.0 Å². The number of methoxy groups -OCH3 is 2. The lowest BCUT2D eigenvalue weighted by molar-refractivity contribution is -0.118. The highest BCUT2D eigenvalue weighted by Gasteiger charge is 2.34. The number of carbonyl (C=O) groups is 3. The van der Waals surface area contributed by atoms with Gasteiger partial charge in [0.15, 0.2) is 18.1 Å². The molecule has 0 aliphatic carbocycles. The molecule has 3 amide bonds. The number of hydrogen-bond acceptors (Lipinski definition) is 6. The Morgan fingerprint density at radius 1 is 0.914 bits per heavy atom. The Hall–Kier alpha value is -4.79. The molecule has 0 saturated carbocycles. The van der Waals surface area contributed by atoms with E-state index in [0.29, 0.717) is 34.2 Å². The Balaban J connectivity index is 1.45. The summed E-state index contributed by atoms with van der Waals surface area (Å²) in [6.45, 7) is -0.262. The van der Waals surface area contributed by atoms with Crippen LogP contribution in [0.5, 0.6) is 17.2 Å². The number of anilines is 2. The number of para-hydroxylation sites is 3. The van der Waals surface area contributed by atoms with E-state index in [4.69, 9.17) is 14.2 Å². The maximum atomic E-state index is 12.8. The van der Waals surface area contributed by atoms with Crippen molar-refractivity contribution in [2.45, 2.75) is 0 Å². The van der Waals surface area contributed by atoms with Crippen LogP contribution in [0.25, 0.3) is 6.08 Å². The lowest BCUT2D eigenvalue weighted by Gasteiger charge is -2.14. The van der Waals surface area contributed by atoms with E-state index in [-0.39, 0.29) is 18.1 Å². The molecule has 0 radical (unpaired) electrons. The molecule has 1 saturated heterocycles. The van der Waals surface area contributed by atoms with Gasteiger partial charge in [0, 0.05) is 0 Å². The van der Waals surface area contributed by atoms with Gasteiger partial charge in [-0.2, -0.15) is 0 Å². The van der Waals surface area contributed by atoms with E-state index in [1.165, 1.54) is 25.3 Å². The number of hydrogen-bond donors (Lipinski definition) is 2. The lowest BCUT2D eigenvalue weighted by atomic mass is 10.1. The minimum atomic E-state index is -0.508. The fraction of sp³-hybridized carbons (Fsp3) is 0.115. The summed E-state index contributed by atoms with van der Waals surface area (Å²) in [5, 5.41) is 3.93. The van der Waals surface area contributed by atoms with Gasteiger partial charge in [0.05, 0.1) is 25.6 Å². The van der Waals surface area contributed by atoms with E-state index in [2.05, 4.69) is 10.7 Å². The Bertz CT molecular complexity index is 1290. The Morgan fingerprint density at radius 2 is 1.63 bits per heavy atom. The van der Waals surface area contributed by atoms with Crippen LogP contribution in [-0.4, -0.2) is 38.5 Å². The van der Waals surface area contributed by atoms with Gasteiger partial charge in [-0.05, 0) is 48.0 Å². The summed E-state index contributed by atoms with van der Waals surface area (Å²) in [6.07, 6.45) is 1.47. The second-order valence-electron chi connectivity index (χ2n) is 7.42. The van der Waals surface area contributed by atoms with Gasteiger partial charge in [0.1, 0.15) is 11.3 Å². The molecule has 3 aromatic carbocycles. The number of carbonyl (C=O) groups excluding carboxylic acids is 3. The number of benzene rings is 3. The molecule has 0 aromatic heterocycles. The maximum Gasteiger partial charge on any atom is 0.282 e. The van der Waals surface area contributed by atoms with E-state index >= 15 is 0 Å². The molecule has 1 aliphatic rings. The van der Waals surface area contributed by atoms with Crippen LogP contribution in [0.4, 0.5) is 11.4 Å². The first-order valence-electron chi connectivity index (χ1n) is 10.7. The molecule has 0 atom stereocenters. The second-order valence-corrected chi connectivity index (χ2v) is 7.42. The van der Waals surface area contributed by atoms with Gasteiger partial charge >= 0.3 is 0 Å². The molecular formula is C26H23N3O6. The van der Waals surface area contributed by atoms with Crippen molar-refractivity contribution < 1.29 is 28.6 Å². The van der Waals surface area contributed by atoms with Crippen LogP contribution in [0.2, 0.25) is 0 Å². The summed E-state index contributed by atoms with van der Waals surface area (Å²) >= 11 is 0. The molecule has 9 nitrogen and oxygen atoms in total. The van der Waals surface area contributed by atoms with E-state index < -0.39 is 11.8 Å². The number of nitrogens with zero attached hydrogens (tertiary/aromatic N) is 1. The molecule has 3 aromatic rings. The van der Waals surface area contributed by atoms with Crippen LogP contribution in [0.15, 0.2) is 78.4 Å². The predicted octanol–water partition coefficient (Wildman–Crippen LogP) is 3.18. The van der Waals surface area contributed by atoms with Crippen molar-refractivity contribution in [3.05, 3.63) is 83.9 Å². The minimum Gasteiger partial charge on any atom is -0.495 e. The minimum absolute atomic E-state index is 0.0132. The molecule has 2 N–H and O–H groups in total. The highest BCUT2D eigenvalue weighted by atomic mass is 16.5. The van der Waals surface area contributed by atoms with Crippen molar-refractivity contribution in [2.24, 2.45) is 0 Å². The van der Waals surface area contributed by atoms with Crippen LogP contribution >= 0.6 is 0 Å². The van der Waals surface area contributed by atoms with Crippen molar-refractivity contribution >= 4 is 35.2 Å². The molecular weight excluding hydrogens is 450 g/mol. The zero-order valence-corrected chi connectivity index (χ0v) is 19.1. The van der Waals surface area contributed by atoms with Gasteiger partial charge in [-0.25, -0.2) is 5.01 Å². The number of rotatable bonds is 8. The Labute approximate surface area is 201 Å². The van der Waals surface area contributed by atoms with Gasteiger partial charge in [0.2, 0.25) is 0 Å². The molecule has 35 heavy (non-hydrogen) atoms. The smallest absolute Gasteiger partial charge is 0.282 e. The highest BCUT2D eigenvalue weighted by molar-refractivity contribution is 6.31. The van der Waals surface area contributed by atoms with Crippen LogP contribution in [0.1, 0.15) is 5.56 Å². The molecule has 4 rings (SSSR count). The maximum absolute atomic E-state index is 12.8. The summed E-state index contributed by atoms with van der Waals surface area (Å²) < 4.78 is 16.2. The fourth-order valence-electron chi connectivity index (χ4n) is 3.45. The summed E-state index contributed by atoms with van der Waals surface area (Å²) in [5.74, 6) is -0.142. The van der Waals surface area contributed by atoms with Crippen molar-refractivity contribution in [2.75, 3.05) is 31.2 Å². The molecule has 1 aliphatic heterocycles. The summed E-state index contributed by atoms with van der Waals surface area (Å²) in [5.41, 5.74) is 4.19. The lowest BCUT2D eigenvalue weighted by Crippen LogP contribution is -2.35. The molecule has 178 valence electrons. The van der Waals surface area contributed by atoms with Gasteiger partial charge in [-0.3, -0.25) is 19.8 Å². The molecule has 0 unspecified atom stereocenters. The Kier molecular flexibility index (Phi) is 6.96. The molecule has 1 heterocycles. The van der Waals surface area contributed by atoms with E-state index in [0.717, 1.165) is 0 Å². The van der Waals surface area contributed by atoms with Crippen molar-refractivity contribution in [3.8, 4) is 17.2 Å². The molecule has 1 fully saturated rings. The van der Waals surface area contributed by atoms with Crippen LogP contribution in [-0.2, 0) is 14.4 Å².